The number of sulfonamides is 1. The van der Waals surface area contributed by atoms with Crippen LogP contribution in [0.1, 0.15) is 18.4 Å². The van der Waals surface area contributed by atoms with E-state index in [1.165, 1.54) is 24.3 Å². The van der Waals surface area contributed by atoms with E-state index in [0.29, 0.717) is 31.3 Å². The average Bonchev–Trinajstić information content (AvgIpc) is 2.85. The van der Waals surface area contributed by atoms with Crippen molar-refractivity contribution in [1.29, 1.82) is 0 Å². The second kappa shape index (κ2) is 8.71. The van der Waals surface area contributed by atoms with Gasteiger partial charge in [-0.3, -0.25) is 0 Å². The van der Waals surface area contributed by atoms with Crippen LogP contribution in [0.15, 0.2) is 35.4 Å². The molecule has 3 rings (SSSR count). The number of hydrogen-bond donors (Lipinski definition) is 3. The lowest BCUT2D eigenvalue weighted by atomic mass is 10.1. The van der Waals surface area contributed by atoms with Crippen molar-refractivity contribution < 1.29 is 36.2 Å². The van der Waals surface area contributed by atoms with Crippen LogP contribution in [-0.4, -0.2) is 48.9 Å². The molecular weight excluding hydrogens is 429 g/mol. The molecule has 1 saturated heterocycles. The first-order valence-corrected chi connectivity index (χ1v) is 10.4. The summed E-state index contributed by atoms with van der Waals surface area (Å²) in [6, 6.07) is 5.16. The number of aromatic nitrogens is 2. The third-order valence-electron chi connectivity index (χ3n) is 4.26. The number of nitrogens with zero attached hydrogens (tertiary/aromatic N) is 2. The van der Waals surface area contributed by atoms with E-state index >= 15 is 0 Å². The number of ether oxygens (including phenoxy) is 2. The third kappa shape index (κ3) is 5.56. The summed E-state index contributed by atoms with van der Waals surface area (Å²) in [7, 11) is -3.88. The fourth-order valence-electron chi connectivity index (χ4n) is 2.74. The van der Waals surface area contributed by atoms with E-state index in [1.54, 1.807) is 0 Å². The summed E-state index contributed by atoms with van der Waals surface area (Å²) in [6.45, 7) is 0.312. The molecular formula is C17H19F3N4O5S. The predicted octanol–water partition coefficient (Wildman–Crippen LogP) is 1.81. The van der Waals surface area contributed by atoms with Gasteiger partial charge in [0.15, 0.2) is 0 Å². The Labute approximate surface area is 170 Å². The van der Waals surface area contributed by atoms with Crippen molar-refractivity contribution in [1.82, 2.24) is 9.97 Å². The van der Waals surface area contributed by atoms with Gasteiger partial charge in [0, 0.05) is 18.5 Å². The van der Waals surface area contributed by atoms with E-state index in [-0.39, 0.29) is 17.5 Å². The van der Waals surface area contributed by atoms with Gasteiger partial charge in [-0.1, -0.05) is 0 Å². The molecule has 0 bridgehead atoms. The van der Waals surface area contributed by atoms with Crippen LogP contribution >= 0.6 is 0 Å². The zero-order valence-electron chi connectivity index (χ0n) is 15.5. The fourth-order valence-corrected chi connectivity index (χ4v) is 3.25. The SMILES string of the molecule is NS(=O)(=O)c1ccc(Nc2ncc(C(F)(F)F)c(O[C@@H]3CCCOC[C@H]3O)n2)cc1. The van der Waals surface area contributed by atoms with Crippen molar-refractivity contribution in [2.24, 2.45) is 5.14 Å². The number of nitrogens with one attached hydrogen (secondary N) is 1. The molecule has 164 valence electrons. The molecule has 1 fully saturated rings. The number of hydrogen-bond acceptors (Lipinski definition) is 8. The van der Waals surface area contributed by atoms with Crippen LogP contribution in [-0.2, 0) is 20.9 Å². The molecule has 0 spiro atoms. The van der Waals surface area contributed by atoms with Gasteiger partial charge in [-0.2, -0.15) is 18.2 Å². The summed E-state index contributed by atoms with van der Waals surface area (Å²) in [4.78, 5) is 7.33. The Hall–Kier alpha value is -2.48. The first-order valence-electron chi connectivity index (χ1n) is 8.80. The van der Waals surface area contributed by atoms with Crippen LogP contribution in [0.3, 0.4) is 0 Å². The largest absolute Gasteiger partial charge is 0.471 e. The quantitative estimate of drug-likeness (QED) is 0.630. The number of primary sulfonamides is 1. The third-order valence-corrected chi connectivity index (χ3v) is 5.19. The number of aliphatic hydroxyl groups excluding tert-OH is 1. The highest BCUT2D eigenvalue weighted by Crippen LogP contribution is 2.36. The van der Waals surface area contributed by atoms with Gasteiger partial charge < -0.3 is 19.9 Å². The van der Waals surface area contributed by atoms with Crippen molar-refractivity contribution in [2.45, 2.75) is 36.1 Å². The van der Waals surface area contributed by atoms with Gasteiger partial charge in [-0.05, 0) is 37.1 Å². The maximum absolute atomic E-state index is 13.4. The van der Waals surface area contributed by atoms with E-state index in [0.717, 1.165) is 0 Å². The molecule has 1 aromatic carbocycles. The van der Waals surface area contributed by atoms with Crippen molar-refractivity contribution in [3.05, 3.63) is 36.0 Å². The summed E-state index contributed by atoms with van der Waals surface area (Å²) >= 11 is 0. The highest BCUT2D eigenvalue weighted by Gasteiger charge is 2.38. The minimum Gasteiger partial charge on any atom is -0.471 e. The molecule has 0 unspecified atom stereocenters. The summed E-state index contributed by atoms with van der Waals surface area (Å²) in [5.74, 6) is -0.937. The number of benzene rings is 1. The maximum Gasteiger partial charge on any atom is 0.423 e. The Morgan fingerprint density at radius 3 is 2.60 bits per heavy atom. The molecule has 30 heavy (non-hydrogen) atoms. The maximum atomic E-state index is 13.4. The van der Waals surface area contributed by atoms with Gasteiger partial charge >= 0.3 is 6.18 Å². The van der Waals surface area contributed by atoms with Crippen molar-refractivity contribution in [3.63, 3.8) is 0 Å². The van der Waals surface area contributed by atoms with Gasteiger partial charge in [-0.25, -0.2) is 18.5 Å². The number of alkyl halides is 3. The summed E-state index contributed by atoms with van der Waals surface area (Å²) in [6.07, 6.45) is -5.42. The van der Waals surface area contributed by atoms with E-state index in [2.05, 4.69) is 15.3 Å². The molecule has 4 N–H and O–H groups in total. The molecule has 1 aromatic heterocycles. The number of anilines is 2. The van der Waals surface area contributed by atoms with E-state index < -0.39 is 39.9 Å². The van der Waals surface area contributed by atoms with Crippen molar-refractivity contribution in [3.8, 4) is 5.88 Å². The lowest BCUT2D eigenvalue weighted by Crippen LogP contribution is -2.34. The first-order chi connectivity index (χ1) is 14.0. The molecule has 2 aromatic rings. The standard InChI is InChI=1S/C17H19F3N4O5S/c18-17(19,20)12-8-22-16(23-10-3-5-11(6-4-10)30(21,26)27)24-15(12)29-14-2-1-7-28-9-13(14)25/h3-6,8,13-14,25H,1-2,7,9H2,(H2,21,26,27)(H,22,23,24)/t13-,14-/m1/s1. The van der Waals surface area contributed by atoms with E-state index in [9.17, 15) is 26.7 Å². The molecule has 0 amide bonds. The summed E-state index contributed by atoms with van der Waals surface area (Å²) in [5, 5.41) is 17.7. The van der Waals surface area contributed by atoms with Gasteiger partial charge in [0.1, 0.15) is 17.8 Å². The van der Waals surface area contributed by atoms with Gasteiger partial charge in [0.05, 0.1) is 11.5 Å². The lowest BCUT2D eigenvalue weighted by molar-refractivity contribution is -0.140. The Kier molecular flexibility index (Phi) is 6.45. The van der Waals surface area contributed by atoms with Crippen LogP contribution in [0.25, 0.3) is 0 Å². The average molecular weight is 448 g/mol. The molecule has 0 aliphatic carbocycles. The molecule has 1 aliphatic heterocycles. The zero-order chi connectivity index (χ0) is 21.9. The van der Waals surface area contributed by atoms with Crippen LogP contribution < -0.4 is 15.2 Å². The molecule has 9 nitrogen and oxygen atoms in total. The normalized spacial score (nSPS) is 20.4. The number of halogens is 3. The summed E-state index contributed by atoms with van der Waals surface area (Å²) < 4.78 is 73.2. The predicted molar refractivity (Wildman–Crippen MR) is 98.6 cm³/mol. The van der Waals surface area contributed by atoms with Crippen molar-refractivity contribution in [2.75, 3.05) is 18.5 Å². The Morgan fingerprint density at radius 2 is 1.97 bits per heavy atom. The molecule has 2 heterocycles. The zero-order valence-corrected chi connectivity index (χ0v) is 16.3. The topological polar surface area (TPSA) is 137 Å². The Balaban J connectivity index is 1.86. The number of nitrogens with two attached hydrogens (primary N) is 1. The Bertz CT molecular complexity index is 986. The lowest BCUT2D eigenvalue weighted by Gasteiger charge is -2.23. The molecule has 1 aliphatic rings. The summed E-state index contributed by atoms with van der Waals surface area (Å²) in [5.41, 5.74) is -0.869. The van der Waals surface area contributed by atoms with E-state index in [1.807, 2.05) is 0 Å². The monoisotopic (exact) mass is 448 g/mol. The minimum absolute atomic E-state index is 0.0569. The Morgan fingerprint density at radius 1 is 1.27 bits per heavy atom. The number of aliphatic hydroxyl groups is 1. The van der Waals surface area contributed by atoms with Gasteiger partial charge in [-0.15, -0.1) is 0 Å². The second-order valence-electron chi connectivity index (χ2n) is 6.55. The fraction of sp³-hybridized carbons (Fsp3) is 0.412. The van der Waals surface area contributed by atoms with Gasteiger partial charge in [0.2, 0.25) is 21.9 Å². The second-order valence-corrected chi connectivity index (χ2v) is 8.11. The molecule has 0 radical (unpaired) electrons. The van der Waals surface area contributed by atoms with Gasteiger partial charge in [0.25, 0.3) is 0 Å². The highest BCUT2D eigenvalue weighted by atomic mass is 32.2. The smallest absolute Gasteiger partial charge is 0.423 e. The van der Waals surface area contributed by atoms with Crippen LogP contribution in [0.4, 0.5) is 24.8 Å². The molecule has 13 heteroatoms. The van der Waals surface area contributed by atoms with Crippen LogP contribution in [0, 0.1) is 0 Å². The van der Waals surface area contributed by atoms with Crippen LogP contribution in [0.2, 0.25) is 0 Å². The minimum atomic E-state index is -4.77. The first kappa shape index (κ1) is 22.2. The van der Waals surface area contributed by atoms with Crippen molar-refractivity contribution >= 4 is 21.7 Å². The molecule has 2 atom stereocenters. The number of rotatable bonds is 5. The highest BCUT2D eigenvalue weighted by molar-refractivity contribution is 7.89. The van der Waals surface area contributed by atoms with E-state index in [4.69, 9.17) is 14.6 Å². The van der Waals surface area contributed by atoms with Crippen LogP contribution in [0.5, 0.6) is 5.88 Å². The molecule has 0 saturated carbocycles.